The first-order chi connectivity index (χ1) is 10.2. The van der Waals surface area contributed by atoms with Crippen molar-refractivity contribution in [2.24, 2.45) is 0 Å². The Morgan fingerprint density at radius 3 is 2.86 bits per heavy atom. The molecule has 0 aromatic heterocycles. The van der Waals surface area contributed by atoms with E-state index in [9.17, 15) is 4.39 Å². The lowest BCUT2D eigenvalue weighted by Gasteiger charge is -2.31. The molecule has 1 saturated heterocycles. The molecule has 0 unspecified atom stereocenters. The Morgan fingerprint density at radius 1 is 1.38 bits per heavy atom. The van der Waals surface area contributed by atoms with E-state index in [0.717, 1.165) is 38.2 Å². The molecule has 4 heteroatoms. The maximum absolute atomic E-state index is 13.4. The van der Waals surface area contributed by atoms with Gasteiger partial charge in [0.25, 0.3) is 0 Å². The van der Waals surface area contributed by atoms with Crippen LogP contribution in [0.1, 0.15) is 30.4 Å². The first kappa shape index (κ1) is 16.0. The van der Waals surface area contributed by atoms with Crippen LogP contribution >= 0.6 is 0 Å². The Kier molecular flexibility index (Phi) is 6.19. The molecule has 1 fully saturated rings. The van der Waals surface area contributed by atoms with Crippen molar-refractivity contribution >= 4 is 0 Å². The van der Waals surface area contributed by atoms with Gasteiger partial charge in [0.2, 0.25) is 0 Å². The van der Waals surface area contributed by atoms with Crippen LogP contribution in [0, 0.1) is 17.7 Å². The van der Waals surface area contributed by atoms with Gasteiger partial charge >= 0.3 is 0 Å². The van der Waals surface area contributed by atoms with Crippen LogP contribution in [-0.2, 0) is 11.3 Å². The minimum absolute atomic E-state index is 0.0274. The van der Waals surface area contributed by atoms with Crippen LogP contribution in [0.4, 0.5) is 4.39 Å². The molecule has 1 aliphatic rings. The topological polar surface area (TPSA) is 32.7 Å². The number of nitrogens with zero attached hydrogens (tertiary/aromatic N) is 1. The SMILES string of the molecule is CN(Cc1ccc(F)cc1C#CCCO)C1CCOCC1. The van der Waals surface area contributed by atoms with Gasteiger partial charge in [-0.25, -0.2) is 4.39 Å². The van der Waals surface area contributed by atoms with Crippen molar-refractivity contribution in [2.45, 2.75) is 31.8 Å². The number of ether oxygens (including phenoxy) is 1. The Balaban J connectivity index is 2.09. The summed E-state index contributed by atoms with van der Waals surface area (Å²) in [5.74, 6) is 5.55. The van der Waals surface area contributed by atoms with Crippen LogP contribution in [0.2, 0.25) is 0 Å². The van der Waals surface area contributed by atoms with Crippen molar-refractivity contribution in [3.8, 4) is 11.8 Å². The third kappa shape index (κ3) is 4.82. The predicted octanol–water partition coefficient (Wildman–Crippen LogP) is 2.17. The molecular weight excluding hydrogens is 269 g/mol. The molecule has 114 valence electrons. The average Bonchev–Trinajstić information content (AvgIpc) is 2.51. The summed E-state index contributed by atoms with van der Waals surface area (Å²) in [5.41, 5.74) is 1.73. The Labute approximate surface area is 125 Å². The van der Waals surface area contributed by atoms with Gasteiger partial charge in [0.1, 0.15) is 5.82 Å². The molecule has 0 saturated carbocycles. The maximum atomic E-state index is 13.4. The summed E-state index contributed by atoms with van der Waals surface area (Å²) in [7, 11) is 2.09. The highest BCUT2D eigenvalue weighted by Gasteiger charge is 2.19. The summed E-state index contributed by atoms with van der Waals surface area (Å²) in [4.78, 5) is 2.28. The van der Waals surface area contributed by atoms with Gasteiger partial charge in [-0.15, -0.1) is 0 Å². The molecule has 21 heavy (non-hydrogen) atoms. The van der Waals surface area contributed by atoms with E-state index in [1.54, 1.807) is 6.07 Å². The van der Waals surface area contributed by atoms with Gasteiger partial charge in [0.05, 0.1) is 6.61 Å². The molecule has 2 rings (SSSR count). The average molecular weight is 291 g/mol. The van der Waals surface area contributed by atoms with Crippen molar-refractivity contribution in [1.29, 1.82) is 0 Å². The highest BCUT2D eigenvalue weighted by Crippen LogP contribution is 2.18. The van der Waals surface area contributed by atoms with Crippen LogP contribution in [0.3, 0.4) is 0 Å². The van der Waals surface area contributed by atoms with Crippen molar-refractivity contribution in [2.75, 3.05) is 26.9 Å². The number of benzene rings is 1. The second-order valence-corrected chi connectivity index (χ2v) is 5.34. The normalized spacial score (nSPS) is 15.8. The first-order valence-corrected chi connectivity index (χ1v) is 7.37. The monoisotopic (exact) mass is 291 g/mol. The number of hydrogen-bond acceptors (Lipinski definition) is 3. The van der Waals surface area contributed by atoms with Crippen LogP contribution in [0.15, 0.2) is 18.2 Å². The lowest BCUT2D eigenvalue weighted by atomic mass is 10.0. The van der Waals surface area contributed by atoms with Gasteiger partial charge in [-0.3, -0.25) is 4.90 Å². The summed E-state index contributed by atoms with van der Waals surface area (Å²) in [6.07, 6.45) is 2.47. The zero-order valence-corrected chi connectivity index (χ0v) is 12.4. The molecule has 0 amide bonds. The zero-order valence-electron chi connectivity index (χ0n) is 12.4. The number of rotatable bonds is 4. The van der Waals surface area contributed by atoms with Gasteiger partial charge < -0.3 is 9.84 Å². The van der Waals surface area contributed by atoms with E-state index >= 15 is 0 Å². The number of aliphatic hydroxyl groups is 1. The smallest absolute Gasteiger partial charge is 0.124 e. The van der Waals surface area contributed by atoms with E-state index in [4.69, 9.17) is 9.84 Å². The molecule has 0 spiro atoms. The molecule has 0 aliphatic carbocycles. The standard InChI is InChI=1S/C17H22FNO2/c1-19(17-7-10-21-11-8-17)13-15-5-6-16(18)12-14(15)4-2-3-9-20/h5-6,12,17,20H,3,7-11,13H2,1H3. The number of hydrogen-bond donors (Lipinski definition) is 1. The van der Waals surface area contributed by atoms with Crippen LogP contribution < -0.4 is 0 Å². The minimum atomic E-state index is -0.277. The van der Waals surface area contributed by atoms with Crippen LogP contribution in [0.5, 0.6) is 0 Å². The first-order valence-electron chi connectivity index (χ1n) is 7.37. The van der Waals surface area contributed by atoms with Crippen molar-refractivity contribution in [3.63, 3.8) is 0 Å². The molecule has 0 radical (unpaired) electrons. The van der Waals surface area contributed by atoms with Gasteiger partial charge in [0, 0.05) is 37.8 Å². The summed E-state index contributed by atoms with van der Waals surface area (Å²) < 4.78 is 18.8. The van der Waals surface area contributed by atoms with Gasteiger partial charge in [0.15, 0.2) is 0 Å². The Morgan fingerprint density at radius 2 is 2.14 bits per heavy atom. The largest absolute Gasteiger partial charge is 0.395 e. The lowest BCUT2D eigenvalue weighted by Crippen LogP contribution is -2.36. The zero-order chi connectivity index (χ0) is 15.1. The minimum Gasteiger partial charge on any atom is -0.395 e. The maximum Gasteiger partial charge on any atom is 0.124 e. The quantitative estimate of drug-likeness (QED) is 0.863. The summed E-state index contributed by atoms with van der Waals surface area (Å²) in [5, 5.41) is 8.79. The fourth-order valence-corrected chi connectivity index (χ4v) is 2.54. The van der Waals surface area contributed by atoms with Crippen molar-refractivity contribution in [3.05, 3.63) is 35.1 Å². The van der Waals surface area contributed by atoms with E-state index in [0.29, 0.717) is 18.0 Å². The molecule has 0 bridgehead atoms. The molecule has 1 aromatic carbocycles. The third-order valence-electron chi connectivity index (χ3n) is 3.77. The molecule has 1 aliphatic heterocycles. The third-order valence-corrected chi connectivity index (χ3v) is 3.77. The summed E-state index contributed by atoms with van der Waals surface area (Å²) in [6, 6.07) is 5.25. The summed E-state index contributed by atoms with van der Waals surface area (Å²) in [6.45, 7) is 2.39. The highest BCUT2D eigenvalue weighted by atomic mass is 19.1. The van der Waals surface area contributed by atoms with Crippen molar-refractivity contribution < 1.29 is 14.2 Å². The number of halogens is 1. The molecular formula is C17H22FNO2. The molecule has 1 aromatic rings. The second kappa shape index (κ2) is 8.14. The van der Waals surface area contributed by atoms with E-state index in [2.05, 4.69) is 23.8 Å². The second-order valence-electron chi connectivity index (χ2n) is 5.34. The van der Waals surface area contributed by atoms with E-state index in [1.807, 2.05) is 0 Å². The molecule has 0 atom stereocenters. The van der Waals surface area contributed by atoms with E-state index < -0.39 is 0 Å². The van der Waals surface area contributed by atoms with Crippen molar-refractivity contribution in [1.82, 2.24) is 4.90 Å². The van der Waals surface area contributed by atoms with Gasteiger partial charge in [-0.05, 0) is 37.6 Å². The summed E-state index contributed by atoms with van der Waals surface area (Å²) >= 11 is 0. The molecule has 1 N–H and O–H groups in total. The fourth-order valence-electron chi connectivity index (χ4n) is 2.54. The van der Waals surface area contributed by atoms with Crippen LogP contribution in [0.25, 0.3) is 0 Å². The van der Waals surface area contributed by atoms with Gasteiger partial charge in [-0.2, -0.15) is 0 Å². The lowest BCUT2D eigenvalue weighted by molar-refractivity contribution is 0.0406. The fraction of sp³-hybridized carbons (Fsp3) is 0.529. The van der Waals surface area contributed by atoms with Crippen LogP contribution in [-0.4, -0.2) is 42.9 Å². The highest BCUT2D eigenvalue weighted by molar-refractivity contribution is 5.41. The van der Waals surface area contributed by atoms with Gasteiger partial charge in [-0.1, -0.05) is 17.9 Å². The Hall–Kier alpha value is -1.41. The number of aliphatic hydroxyl groups excluding tert-OH is 1. The van der Waals surface area contributed by atoms with E-state index in [-0.39, 0.29) is 12.4 Å². The Bertz CT molecular complexity index is 515. The molecule has 3 nitrogen and oxygen atoms in total. The van der Waals surface area contributed by atoms with E-state index in [1.165, 1.54) is 12.1 Å². The molecule has 1 heterocycles. The predicted molar refractivity (Wildman–Crippen MR) is 80.3 cm³/mol.